The molecule has 0 radical (unpaired) electrons. The van der Waals surface area contributed by atoms with Gasteiger partial charge in [-0.05, 0) is 12.5 Å². The molecule has 1 aromatic rings. The summed E-state index contributed by atoms with van der Waals surface area (Å²) in [6, 6.07) is 1.41. The molecule has 20 heavy (non-hydrogen) atoms. The maximum Gasteiger partial charge on any atom is 0.300 e. The fourth-order valence-electron chi connectivity index (χ4n) is 1.80. The molecule has 0 saturated carbocycles. The van der Waals surface area contributed by atoms with Crippen LogP contribution in [0.25, 0.3) is 0 Å². The Balaban J connectivity index is 0.000000444. The number of carbonyl (C=O) groups is 2. The highest BCUT2D eigenvalue weighted by Crippen LogP contribution is 2.19. The van der Waals surface area contributed by atoms with E-state index in [9.17, 15) is 18.0 Å². The van der Waals surface area contributed by atoms with Crippen LogP contribution in [-0.4, -0.2) is 28.4 Å². The van der Waals surface area contributed by atoms with Gasteiger partial charge in [-0.1, -0.05) is 0 Å². The van der Waals surface area contributed by atoms with E-state index in [0.29, 0.717) is 25.5 Å². The summed E-state index contributed by atoms with van der Waals surface area (Å²) < 4.78 is 39.0. The first-order valence-electron chi connectivity index (χ1n) is 5.92. The van der Waals surface area contributed by atoms with Crippen molar-refractivity contribution in [3.63, 3.8) is 0 Å². The number of likely N-dealkylation sites (tertiary alicyclic amines) is 1. The second-order valence-corrected chi connectivity index (χ2v) is 4.30. The molecule has 1 saturated heterocycles. The summed E-state index contributed by atoms with van der Waals surface area (Å²) in [7, 11) is 0. The predicted molar refractivity (Wildman–Crippen MR) is 64.3 cm³/mol. The molecule has 0 atom stereocenters. The number of benzene rings is 1. The van der Waals surface area contributed by atoms with Gasteiger partial charge in [-0.15, -0.1) is 0 Å². The van der Waals surface area contributed by atoms with Crippen molar-refractivity contribution in [3.05, 3.63) is 35.1 Å². The van der Waals surface area contributed by atoms with Gasteiger partial charge in [0.1, 0.15) is 5.82 Å². The van der Waals surface area contributed by atoms with Crippen molar-refractivity contribution in [1.82, 2.24) is 4.90 Å². The summed E-state index contributed by atoms with van der Waals surface area (Å²) >= 11 is 0. The molecule has 0 spiro atoms. The van der Waals surface area contributed by atoms with Crippen LogP contribution in [0.1, 0.15) is 25.3 Å². The Labute approximate surface area is 113 Å². The molecule has 1 fully saturated rings. The van der Waals surface area contributed by atoms with Crippen LogP contribution in [0.15, 0.2) is 12.1 Å². The van der Waals surface area contributed by atoms with Gasteiger partial charge in [0.2, 0.25) is 5.91 Å². The van der Waals surface area contributed by atoms with Crippen molar-refractivity contribution in [2.75, 3.05) is 6.54 Å². The maximum absolute atomic E-state index is 13.3. The van der Waals surface area contributed by atoms with E-state index in [1.54, 1.807) is 0 Å². The van der Waals surface area contributed by atoms with E-state index in [2.05, 4.69) is 0 Å². The Morgan fingerprint density at radius 1 is 1.35 bits per heavy atom. The molecule has 1 amide bonds. The van der Waals surface area contributed by atoms with Gasteiger partial charge in [-0.25, -0.2) is 13.2 Å². The average Bonchev–Trinajstić information content (AvgIpc) is 2.70. The van der Waals surface area contributed by atoms with E-state index < -0.39 is 23.4 Å². The largest absolute Gasteiger partial charge is 0.481 e. The van der Waals surface area contributed by atoms with E-state index in [4.69, 9.17) is 9.90 Å². The van der Waals surface area contributed by atoms with Crippen LogP contribution in [-0.2, 0) is 16.1 Å². The van der Waals surface area contributed by atoms with Gasteiger partial charge in [-0.2, -0.15) is 0 Å². The number of carboxylic acids is 1. The fourth-order valence-corrected chi connectivity index (χ4v) is 1.80. The molecule has 7 heteroatoms. The zero-order chi connectivity index (χ0) is 15.3. The molecule has 1 aliphatic heterocycles. The molecule has 0 aromatic heterocycles. The van der Waals surface area contributed by atoms with Crippen molar-refractivity contribution < 1.29 is 27.9 Å². The summed E-state index contributed by atoms with van der Waals surface area (Å²) in [5.41, 5.74) is -0.118. The number of hydrogen-bond acceptors (Lipinski definition) is 2. The third-order valence-corrected chi connectivity index (χ3v) is 2.60. The molecular formula is C13H14F3NO3. The third kappa shape index (κ3) is 4.56. The van der Waals surface area contributed by atoms with E-state index in [-0.39, 0.29) is 18.0 Å². The smallest absolute Gasteiger partial charge is 0.300 e. The minimum atomic E-state index is -1.22. The summed E-state index contributed by atoms with van der Waals surface area (Å²) in [4.78, 5) is 21.7. The van der Waals surface area contributed by atoms with E-state index in [1.165, 1.54) is 4.90 Å². The van der Waals surface area contributed by atoms with Crippen LogP contribution >= 0.6 is 0 Å². The number of aliphatic carboxylic acids is 1. The molecule has 110 valence electrons. The van der Waals surface area contributed by atoms with Crippen LogP contribution in [0.4, 0.5) is 13.2 Å². The molecule has 1 heterocycles. The van der Waals surface area contributed by atoms with Gasteiger partial charge in [-0.3, -0.25) is 9.59 Å². The highest BCUT2D eigenvalue weighted by molar-refractivity contribution is 5.78. The SMILES string of the molecule is CC(=O)O.O=C1CCCN1Cc1cc(F)cc(F)c1F. The number of halogens is 3. The van der Waals surface area contributed by atoms with Crippen molar-refractivity contribution in [2.45, 2.75) is 26.3 Å². The summed E-state index contributed by atoms with van der Waals surface area (Å²) in [6.45, 7) is 1.52. The molecule has 0 unspecified atom stereocenters. The minimum absolute atomic E-state index is 0.0701. The van der Waals surface area contributed by atoms with Crippen molar-refractivity contribution in [3.8, 4) is 0 Å². The minimum Gasteiger partial charge on any atom is -0.481 e. The standard InChI is InChI=1S/C11H10F3NO.C2H4O2/c12-8-4-7(11(14)9(13)5-8)6-15-3-1-2-10(15)16;1-2(3)4/h4-5H,1-3,6H2;1H3,(H,3,4). The number of hydrogen-bond donors (Lipinski definition) is 1. The van der Waals surface area contributed by atoms with Gasteiger partial charge in [0, 0.05) is 38.1 Å². The third-order valence-electron chi connectivity index (χ3n) is 2.60. The quantitative estimate of drug-likeness (QED) is 0.850. The van der Waals surface area contributed by atoms with Gasteiger partial charge in [0.25, 0.3) is 5.97 Å². The number of carboxylic acid groups (broad SMARTS) is 1. The zero-order valence-electron chi connectivity index (χ0n) is 10.8. The summed E-state index contributed by atoms with van der Waals surface area (Å²) in [5.74, 6) is -4.08. The zero-order valence-corrected chi connectivity index (χ0v) is 10.8. The molecule has 1 aliphatic rings. The van der Waals surface area contributed by atoms with Crippen molar-refractivity contribution >= 4 is 11.9 Å². The lowest BCUT2D eigenvalue weighted by Crippen LogP contribution is -2.24. The highest BCUT2D eigenvalue weighted by atomic mass is 19.2. The van der Waals surface area contributed by atoms with Crippen molar-refractivity contribution in [2.24, 2.45) is 0 Å². The van der Waals surface area contributed by atoms with E-state index >= 15 is 0 Å². The average molecular weight is 289 g/mol. The fraction of sp³-hybridized carbons (Fsp3) is 0.385. The Morgan fingerprint density at radius 2 is 1.95 bits per heavy atom. The molecule has 2 rings (SSSR count). The van der Waals surface area contributed by atoms with E-state index in [1.807, 2.05) is 0 Å². The number of carbonyl (C=O) groups excluding carboxylic acids is 1. The summed E-state index contributed by atoms with van der Waals surface area (Å²) in [6.07, 6.45) is 1.12. The molecular weight excluding hydrogens is 275 g/mol. The predicted octanol–water partition coefficient (Wildman–Crippen LogP) is 2.32. The van der Waals surface area contributed by atoms with Gasteiger partial charge >= 0.3 is 0 Å². The highest BCUT2D eigenvalue weighted by Gasteiger charge is 2.22. The maximum atomic E-state index is 13.3. The molecule has 0 bridgehead atoms. The normalized spacial score (nSPS) is 14.0. The van der Waals surface area contributed by atoms with Crippen LogP contribution in [0.5, 0.6) is 0 Å². The molecule has 1 aromatic carbocycles. The van der Waals surface area contributed by atoms with Crippen molar-refractivity contribution in [1.29, 1.82) is 0 Å². The Kier molecular flexibility index (Phi) is 5.54. The Bertz CT molecular complexity index is 516. The van der Waals surface area contributed by atoms with E-state index in [0.717, 1.165) is 13.0 Å². The number of nitrogens with zero attached hydrogens (tertiary/aromatic N) is 1. The van der Waals surface area contributed by atoms with Crippen LogP contribution in [0.3, 0.4) is 0 Å². The lowest BCUT2D eigenvalue weighted by atomic mass is 10.2. The second kappa shape index (κ2) is 6.93. The molecule has 4 nitrogen and oxygen atoms in total. The van der Waals surface area contributed by atoms with Crippen LogP contribution < -0.4 is 0 Å². The first-order chi connectivity index (χ1) is 9.31. The van der Waals surface area contributed by atoms with Gasteiger partial charge < -0.3 is 10.0 Å². The monoisotopic (exact) mass is 289 g/mol. The van der Waals surface area contributed by atoms with Gasteiger partial charge in [0.05, 0.1) is 0 Å². The Morgan fingerprint density at radius 3 is 2.45 bits per heavy atom. The molecule has 0 aliphatic carbocycles. The second-order valence-electron chi connectivity index (χ2n) is 4.30. The first-order valence-corrected chi connectivity index (χ1v) is 5.92. The lowest BCUT2D eigenvalue weighted by molar-refractivity contribution is -0.134. The summed E-state index contributed by atoms with van der Waals surface area (Å²) in [5, 5.41) is 7.42. The van der Waals surface area contributed by atoms with Gasteiger partial charge in [0.15, 0.2) is 11.6 Å². The molecule has 1 N–H and O–H groups in total. The van der Waals surface area contributed by atoms with Crippen LogP contribution in [0.2, 0.25) is 0 Å². The number of rotatable bonds is 2. The lowest BCUT2D eigenvalue weighted by Gasteiger charge is -2.16. The topological polar surface area (TPSA) is 57.6 Å². The van der Waals surface area contributed by atoms with Crippen LogP contribution in [0, 0.1) is 17.5 Å². The first kappa shape index (κ1) is 16.0. The number of amides is 1. The Hall–Kier alpha value is -2.05.